The molecule has 1 unspecified atom stereocenters. The van der Waals surface area contributed by atoms with Crippen molar-refractivity contribution < 1.29 is 14.3 Å². The molecular weight excluding hydrogens is 605 g/mol. The van der Waals surface area contributed by atoms with Gasteiger partial charge in [-0.3, -0.25) is 14.3 Å². The third kappa shape index (κ3) is 12.6. The first-order chi connectivity index (χ1) is 22.7. The molecule has 0 aliphatic carbocycles. The summed E-state index contributed by atoms with van der Waals surface area (Å²) in [5.74, 6) is 1.55. The second-order valence-electron chi connectivity index (χ2n) is 12.5. The van der Waals surface area contributed by atoms with Gasteiger partial charge in [-0.1, -0.05) is 126 Å². The molecule has 4 aromatic rings. The lowest BCUT2D eigenvalue weighted by Crippen LogP contribution is -2.41. The van der Waals surface area contributed by atoms with Crippen molar-refractivity contribution in [1.29, 1.82) is 0 Å². The van der Waals surface area contributed by atoms with Crippen LogP contribution in [-0.4, -0.2) is 48.1 Å². The fourth-order valence-corrected chi connectivity index (χ4v) is 5.19. The van der Waals surface area contributed by atoms with Gasteiger partial charge in [0.15, 0.2) is 5.82 Å². The molecule has 0 spiro atoms. The zero-order valence-electron chi connectivity index (χ0n) is 28.7. The molecule has 0 radical (unpaired) electrons. The molecule has 4 rings (SSSR count). The quantitative estimate of drug-likeness (QED) is 0.0755. The van der Waals surface area contributed by atoms with E-state index < -0.39 is 0 Å². The van der Waals surface area contributed by atoms with Crippen molar-refractivity contribution in [3.63, 3.8) is 0 Å². The maximum absolute atomic E-state index is 12.1. The Morgan fingerprint density at radius 2 is 1.47 bits per heavy atom. The molecule has 47 heavy (non-hydrogen) atoms. The number of carbonyl (C=O) groups is 2. The minimum atomic E-state index is -0.272. The van der Waals surface area contributed by atoms with E-state index in [4.69, 9.17) is 4.74 Å². The zero-order valence-corrected chi connectivity index (χ0v) is 29.5. The lowest BCUT2D eigenvalue weighted by molar-refractivity contribution is -0.121. The van der Waals surface area contributed by atoms with Gasteiger partial charge in [0.2, 0.25) is 5.91 Å². The van der Waals surface area contributed by atoms with E-state index in [1.54, 1.807) is 7.05 Å². The number of aldehydes is 1. The van der Waals surface area contributed by atoms with Crippen LogP contribution in [0, 0.1) is 0 Å². The van der Waals surface area contributed by atoms with Crippen LogP contribution in [0.3, 0.4) is 0 Å². The lowest BCUT2D eigenvalue weighted by Gasteiger charge is -2.18. The van der Waals surface area contributed by atoms with Crippen LogP contribution in [0.1, 0.15) is 81.3 Å². The van der Waals surface area contributed by atoms with Crippen LogP contribution in [0.25, 0.3) is 22.5 Å². The number of amides is 1. The van der Waals surface area contributed by atoms with Gasteiger partial charge in [0.05, 0.1) is 12.6 Å². The molecule has 1 aromatic heterocycles. The van der Waals surface area contributed by atoms with Crippen molar-refractivity contribution >= 4 is 24.1 Å². The van der Waals surface area contributed by atoms with Gasteiger partial charge in [-0.05, 0) is 54.1 Å². The number of nitrogens with one attached hydrogen (secondary N) is 2. The summed E-state index contributed by atoms with van der Waals surface area (Å²) >= 11 is 1.31. The average molecular weight is 655 g/mol. The number of ether oxygens (including phenoxy) is 1. The second kappa shape index (κ2) is 19.6. The molecule has 0 aliphatic rings. The van der Waals surface area contributed by atoms with Gasteiger partial charge in [0.25, 0.3) is 0 Å². The van der Waals surface area contributed by atoms with Crippen molar-refractivity contribution in [3.8, 4) is 28.3 Å². The Bertz CT molecular complexity index is 1480. The molecular formula is C39H50N4O3S. The van der Waals surface area contributed by atoms with E-state index >= 15 is 0 Å². The molecule has 0 saturated carbocycles. The molecule has 3 aromatic carbocycles. The van der Waals surface area contributed by atoms with E-state index in [0.29, 0.717) is 12.2 Å². The van der Waals surface area contributed by atoms with Crippen molar-refractivity contribution in [2.24, 2.45) is 0 Å². The molecule has 1 amide bonds. The monoisotopic (exact) mass is 654 g/mol. The third-order valence-corrected chi connectivity index (χ3v) is 8.19. The van der Waals surface area contributed by atoms with Gasteiger partial charge >= 0.3 is 0 Å². The first kappa shape index (κ1) is 37.4. The minimum Gasteiger partial charge on any atom is -0.494 e. The Hall–Kier alpha value is -4.01. The molecule has 0 bridgehead atoms. The Labute approximate surface area is 285 Å². The summed E-state index contributed by atoms with van der Waals surface area (Å²) in [4.78, 5) is 31.6. The minimum absolute atomic E-state index is 0.0231. The summed E-state index contributed by atoms with van der Waals surface area (Å²) in [6, 6.07) is 23.6. The van der Waals surface area contributed by atoms with E-state index in [9.17, 15) is 9.59 Å². The van der Waals surface area contributed by atoms with Gasteiger partial charge in [-0.2, -0.15) is 0 Å². The van der Waals surface area contributed by atoms with Crippen molar-refractivity contribution in [2.45, 2.75) is 77.7 Å². The predicted octanol–water partition coefficient (Wildman–Crippen LogP) is 8.48. The number of aromatic nitrogens is 2. The second-order valence-corrected chi connectivity index (χ2v) is 13.1. The first-order valence-electron chi connectivity index (χ1n) is 16.4. The highest BCUT2D eigenvalue weighted by molar-refractivity contribution is 7.97. The number of benzene rings is 3. The number of likely N-dealkylation sites (N-methyl/N-ethyl adjacent to an activating group) is 1. The van der Waals surface area contributed by atoms with E-state index in [2.05, 4.69) is 47.7 Å². The number of hydrogen-bond acceptors (Lipinski definition) is 7. The molecule has 8 heteroatoms. The van der Waals surface area contributed by atoms with E-state index in [1.165, 1.54) is 43.2 Å². The third-order valence-electron chi connectivity index (χ3n) is 7.79. The molecule has 250 valence electrons. The van der Waals surface area contributed by atoms with Crippen LogP contribution < -0.4 is 14.8 Å². The number of hydrogen-bond donors (Lipinski definition) is 2. The van der Waals surface area contributed by atoms with Crippen molar-refractivity contribution in [3.05, 3.63) is 102 Å². The molecule has 0 fully saturated rings. The number of nitrogens with zero attached hydrogens (tertiary/aromatic N) is 2. The van der Waals surface area contributed by atoms with Crippen LogP contribution >= 0.6 is 11.9 Å². The Morgan fingerprint density at radius 3 is 2.02 bits per heavy atom. The van der Waals surface area contributed by atoms with E-state index in [-0.39, 0.29) is 17.4 Å². The van der Waals surface area contributed by atoms with Gasteiger partial charge in [-0.25, -0.2) is 9.97 Å². The summed E-state index contributed by atoms with van der Waals surface area (Å²) in [5.41, 5.74) is 6.20. The topological polar surface area (TPSA) is 93.2 Å². The first-order valence-corrected chi connectivity index (χ1v) is 17.6. The maximum atomic E-state index is 12.1. The highest BCUT2D eigenvalue weighted by atomic mass is 32.2. The smallest absolute Gasteiger partial charge is 0.247 e. The summed E-state index contributed by atoms with van der Waals surface area (Å²) < 4.78 is 8.64. The largest absolute Gasteiger partial charge is 0.494 e. The number of unbranched alkanes of at least 4 members (excludes halogenated alkanes) is 4. The normalized spacial score (nSPS) is 11.6. The van der Waals surface area contributed by atoms with Crippen molar-refractivity contribution in [1.82, 2.24) is 20.0 Å². The van der Waals surface area contributed by atoms with Gasteiger partial charge in [0, 0.05) is 35.3 Å². The van der Waals surface area contributed by atoms with Crippen LogP contribution in [0.4, 0.5) is 0 Å². The maximum Gasteiger partial charge on any atom is 0.247 e. The molecule has 2 N–H and O–H groups in total. The fourth-order valence-electron chi connectivity index (χ4n) is 4.85. The predicted molar refractivity (Wildman–Crippen MR) is 196 cm³/mol. The van der Waals surface area contributed by atoms with E-state index in [0.717, 1.165) is 52.9 Å². The Morgan fingerprint density at radius 1 is 0.851 bits per heavy atom. The number of rotatable bonds is 15. The Kier molecular flexibility index (Phi) is 15.6. The molecule has 0 aliphatic heterocycles. The summed E-state index contributed by atoms with van der Waals surface area (Å²) in [6.45, 7) is 9.46. The van der Waals surface area contributed by atoms with Gasteiger partial charge in [-0.15, -0.1) is 0 Å². The van der Waals surface area contributed by atoms with Crippen LogP contribution in [0.15, 0.2) is 85.2 Å². The summed E-state index contributed by atoms with van der Waals surface area (Å²) in [7, 11) is 1.80. The van der Waals surface area contributed by atoms with E-state index in [1.807, 2.05) is 91.4 Å². The summed E-state index contributed by atoms with van der Waals surface area (Å²) in [5, 5.41) is 3.07. The Balaban J connectivity index is 0.000000420. The molecule has 1 heterocycles. The fraction of sp³-hybridized carbons (Fsp3) is 0.385. The van der Waals surface area contributed by atoms with Crippen LogP contribution in [0.2, 0.25) is 0 Å². The van der Waals surface area contributed by atoms with Gasteiger partial charge < -0.3 is 10.1 Å². The van der Waals surface area contributed by atoms with Crippen LogP contribution in [0.5, 0.6) is 5.75 Å². The number of carbonyl (C=O) groups excluding carboxylic acids is 2. The van der Waals surface area contributed by atoms with Crippen LogP contribution in [-0.2, 0) is 16.6 Å². The SMILES string of the molecule is CC(C)(C)c1ccc(C=O)cc1.CCCCCCCOc1ccc(-c2cnc(-c3ccc(CC(NC)C(=O)NSC)cc3)nc2)cc1. The molecule has 7 nitrogen and oxygen atoms in total. The average Bonchev–Trinajstić information content (AvgIpc) is 3.09. The molecule has 1 atom stereocenters. The molecule has 0 saturated heterocycles. The summed E-state index contributed by atoms with van der Waals surface area (Å²) in [6.07, 6.45) is 13.2. The zero-order chi connectivity index (χ0) is 34.1. The lowest BCUT2D eigenvalue weighted by atomic mass is 9.87. The highest BCUT2D eigenvalue weighted by Gasteiger charge is 2.16. The highest BCUT2D eigenvalue weighted by Crippen LogP contribution is 2.24. The van der Waals surface area contributed by atoms with Crippen molar-refractivity contribution in [2.75, 3.05) is 19.9 Å². The van der Waals surface area contributed by atoms with Gasteiger partial charge in [0.1, 0.15) is 12.0 Å². The standard InChI is InChI=1S/C28H36N4O2S.C11H14O/c1-4-5-6-7-8-17-34-25-15-13-22(14-16-25)24-19-30-27(31-20-24)23-11-9-21(10-12-23)18-26(29-2)28(33)32-35-3;1-11(2,3)10-6-4-9(8-12)5-7-10/h9-16,19-20,26,29H,4-8,17-18H2,1-3H3,(H,32,33);4-8H,1-3H3.